The number of likely N-dealkylation sites (tertiary alicyclic amines) is 1. The topological polar surface area (TPSA) is 69.2 Å². The first-order valence-corrected chi connectivity index (χ1v) is 9.07. The number of aromatic nitrogens is 2. The molecule has 4 rings (SSSR count). The van der Waals surface area contributed by atoms with E-state index < -0.39 is 5.60 Å². The van der Waals surface area contributed by atoms with E-state index in [0.29, 0.717) is 12.3 Å². The van der Waals surface area contributed by atoms with E-state index in [-0.39, 0.29) is 5.91 Å². The molecule has 0 atom stereocenters. The van der Waals surface area contributed by atoms with Gasteiger partial charge >= 0.3 is 0 Å². The number of amides is 1. The predicted octanol–water partition coefficient (Wildman–Crippen LogP) is 2.96. The minimum atomic E-state index is -0.740. The Hall–Kier alpha value is -1.88. The average molecular weight is 327 g/mol. The van der Waals surface area contributed by atoms with Gasteiger partial charge in [-0.1, -0.05) is 12.8 Å². The number of fused-ring (bicyclic) bond motifs is 1. The molecule has 2 aromatic rings. The van der Waals surface area contributed by atoms with Crippen LogP contribution in [0.2, 0.25) is 0 Å². The summed E-state index contributed by atoms with van der Waals surface area (Å²) in [5, 5.41) is 11.7. The molecule has 0 unspecified atom stereocenters. The second-order valence-electron chi connectivity index (χ2n) is 7.41. The number of pyridine rings is 1. The fourth-order valence-electron chi connectivity index (χ4n) is 4.36. The fraction of sp³-hybridized carbons (Fsp3) is 0.579. The Morgan fingerprint density at radius 3 is 2.83 bits per heavy atom. The number of carbonyl (C=O) groups excluding carboxylic acids is 1. The molecule has 1 saturated carbocycles. The normalized spacial score (nSPS) is 21.5. The van der Waals surface area contributed by atoms with Crippen molar-refractivity contribution in [3.8, 4) is 0 Å². The molecular formula is C19H25N3O2. The zero-order chi connectivity index (χ0) is 16.6. The van der Waals surface area contributed by atoms with Gasteiger partial charge in [-0.2, -0.15) is 0 Å². The lowest BCUT2D eigenvalue weighted by atomic mass is 9.89. The van der Waals surface area contributed by atoms with Crippen LogP contribution in [-0.2, 0) is 4.79 Å². The third-order valence-electron chi connectivity index (χ3n) is 5.79. The summed E-state index contributed by atoms with van der Waals surface area (Å²) >= 11 is 0. The van der Waals surface area contributed by atoms with Gasteiger partial charge in [-0.3, -0.25) is 4.79 Å². The number of hydrogen-bond acceptors (Lipinski definition) is 3. The molecule has 0 bridgehead atoms. The number of piperidine rings is 1. The zero-order valence-electron chi connectivity index (χ0n) is 14.0. The lowest BCUT2D eigenvalue weighted by molar-refractivity contribution is -0.137. The van der Waals surface area contributed by atoms with E-state index in [1.54, 1.807) is 6.20 Å². The molecule has 1 aliphatic carbocycles. The molecule has 0 spiro atoms. The molecule has 1 amide bonds. The number of H-pyrrole nitrogens is 1. The molecule has 2 fully saturated rings. The van der Waals surface area contributed by atoms with Gasteiger partial charge in [0.2, 0.25) is 5.91 Å². The quantitative estimate of drug-likeness (QED) is 0.910. The number of aromatic amines is 1. The molecule has 128 valence electrons. The van der Waals surface area contributed by atoms with E-state index in [9.17, 15) is 9.90 Å². The van der Waals surface area contributed by atoms with Crippen molar-refractivity contribution in [2.45, 2.75) is 56.5 Å². The van der Waals surface area contributed by atoms with Gasteiger partial charge in [0.05, 0.1) is 12.0 Å². The number of carbonyl (C=O) groups is 1. The van der Waals surface area contributed by atoms with Crippen LogP contribution in [0.5, 0.6) is 0 Å². The van der Waals surface area contributed by atoms with Crippen molar-refractivity contribution in [1.82, 2.24) is 14.9 Å². The van der Waals surface area contributed by atoms with E-state index in [1.165, 1.54) is 10.9 Å². The summed E-state index contributed by atoms with van der Waals surface area (Å²) in [6, 6.07) is 4.09. The molecule has 2 N–H and O–H groups in total. The standard InChI is InChI=1S/C19H25N3O2/c23-17(12-19(24)7-1-2-8-19)22-10-5-14(6-11-22)16-13-21-18-15(16)4-3-9-20-18/h3-4,9,13-14,24H,1-2,5-8,10-12H2,(H,20,21). The summed E-state index contributed by atoms with van der Waals surface area (Å²) in [7, 11) is 0. The number of nitrogens with one attached hydrogen (secondary N) is 1. The van der Waals surface area contributed by atoms with Gasteiger partial charge in [0.1, 0.15) is 5.65 Å². The lowest BCUT2D eigenvalue weighted by Crippen LogP contribution is -2.42. The molecule has 5 heteroatoms. The first kappa shape index (κ1) is 15.6. The molecule has 0 radical (unpaired) electrons. The average Bonchev–Trinajstić information content (AvgIpc) is 3.21. The van der Waals surface area contributed by atoms with E-state index in [2.05, 4.69) is 22.2 Å². The summed E-state index contributed by atoms with van der Waals surface area (Å²) in [6.45, 7) is 1.57. The van der Waals surface area contributed by atoms with Crippen molar-refractivity contribution >= 4 is 16.9 Å². The molecular weight excluding hydrogens is 302 g/mol. The summed E-state index contributed by atoms with van der Waals surface area (Å²) in [5.74, 6) is 0.597. The van der Waals surface area contributed by atoms with Crippen molar-refractivity contribution < 1.29 is 9.90 Å². The highest BCUT2D eigenvalue weighted by molar-refractivity contribution is 5.80. The van der Waals surface area contributed by atoms with Crippen LogP contribution in [-0.4, -0.2) is 44.6 Å². The van der Waals surface area contributed by atoms with Crippen LogP contribution in [0.3, 0.4) is 0 Å². The smallest absolute Gasteiger partial charge is 0.225 e. The molecule has 2 aliphatic rings. The van der Waals surface area contributed by atoms with Crippen LogP contribution < -0.4 is 0 Å². The summed E-state index contributed by atoms with van der Waals surface area (Å²) in [5.41, 5.74) is 1.52. The molecule has 1 aliphatic heterocycles. The van der Waals surface area contributed by atoms with Gasteiger partial charge in [-0.05, 0) is 49.3 Å². The lowest BCUT2D eigenvalue weighted by Gasteiger charge is -2.34. The van der Waals surface area contributed by atoms with Crippen LogP contribution in [0.1, 0.15) is 56.4 Å². The van der Waals surface area contributed by atoms with E-state index >= 15 is 0 Å². The minimum absolute atomic E-state index is 0.124. The Labute approximate surface area is 142 Å². The van der Waals surface area contributed by atoms with E-state index in [0.717, 1.165) is 57.3 Å². The number of nitrogens with zero attached hydrogens (tertiary/aromatic N) is 2. The number of hydrogen-bond donors (Lipinski definition) is 2. The molecule has 2 aromatic heterocycles. The zero-order valence-corrected chi connectivity index (χ0v) is 14.0. The van der Waals surface area contributed by atoms with Crippen LogP contribution in [0.25, 0.3) is 11.0 Å². The van der Waals surface area contributed by atoms with Gasteiger partial charge < -0.3 is 15.0 Å². The highest BCUT2D eigenvalue weighted by atomic mass is 16.3. The maximum Gasteiger partial charge on any atom is 0.225 e. The minimum Gasteiger partial charge on any atom is -0.389 e. The van der Waals surface area contributed by atoms with Crippen molar-refractivity contribution in [2.75, 3.05) is 13.1 Å². The molecule has 1 saturated heterocycles. The van der Waals surface area contributed by atoms with Crippen molar-refractivity contribution in [1.29, 1.82) is 0 Å². The monoisotopic (exact) mass is 327 g/mol. The molecule has 24 heavy (non-hydrogen) atoms. The first-order chi connectivity index (χ1) is 11.6. The van der Waals surface area contributed by atoms with Crippen molar-refractivity contribution in [3.05, 3.63) is 30.1 Å². The van der Waals surface area contributed by atoms with Gasteiger partial charge in [-0.15, -0.1) is 0 Å². The largest absolute Gasteiger partial charge is 0.389 e. The van der Waals surface area contributed by atoms with Gasteiger partial charge in [-0.25, -0.2) is 4.98 Å². The highest BCUT2D eigenvalue weighted by Crippen LogP contribution is 2.35. The summed E-state index contributed by atoms with van der Waals surface area (Å²) < 4.78 is 0. The van der Waals surface area contributed by atoms with Crippen LogP contribution in [0.15, 0.2) is 24.5 Å². The SMILES string of the molecule is O=C(CC1(O)CCCC1)N1CCC(c2c[nH]c3ncccc23)CC1. The predicted molar refractivity (Wildman–Crippen MR) is 92.7 cm³/mol. The van der Waals surface area contributed by atoms with Gasteiger partial charge in [0, 0.05) is 30.9 Å². The van der Waals surface area contributed by atoms with Gasteiger partial charge in [0.15, 0.2) is 0 Å². The second-order valence-corrected chi connectivity index (χ2v) is 7.41. The summed E-state index contributed by atoms with van der Waals surface area (Å²) in [4.78, 5) is 22.1. The number of aliphatic hydroxyl groups is 1. The van der Waals surface area contributed by atoms with E-state index in [4.69, 9.17) is 0 Å². The molecule has 0 aromatic carbocycles. The Morgan fingerprint density at radius 2 is 2.08 bits per heavy atom. The maximum absolute atomic E-state index is 12.5. The second kappa shape index (κ2) is 6.20. The van der Waals surface area contributed by atoms with Crippen LogP contribution >= 0.6 is 0 Å². The fourth-order valence-corrected chi connectivity index (χ4v) is 4.36. The molecule has 5 nitrogen and oxygen atoms in total. The third-order valence-corrected chi connectivity index (χ3v) is 5.79. The van der Waals surface area contributed by atoms with Gasteiger partial charge in [0.25, 0.3) is 0 Å². The Kier molecular flexibility index (Phi) is 4.04. The Bertz CT molecular complexity index is 725. The van der Waals surface area contributed by atoms with Crippen LogP contribution in [0.4, 0.5) is 0 Å². The number of rotatable bonds is 3. The highest BCUT2D eigenvalue weighted by Gasteiger charge is 2.35. The van der Waals surface area contributed by atoms with Crippen molar-refractivity contribution in [2.24, 2.45) is 0 Å². The Balaban J connectivity index is 1.39. The summed E-state index contributed by atoms with van der Waals surface area (Å²) in [6.07, 6.45) is 9.77. The maximum atomic E-state index is 12.5. The van der Waals surface area contributed by atoms with E-state index in [1.807, 2.05) is 11.0 Å². The van der Waals surface area contributed by atoms with Crippen molar-refractivity contribution in [3.63, 3.8) is 0 Å². The first-order valence-electron chi connectivity index (χ1n) is 9.07. The van der Waals surface area contributed by atoms with Crippen LogP contribution in [0, 0.1) is 0 Å². The third kappa shape index (κ3) is 2.93. The molecule has 3 heterocycles. The Morgan fingerprint density at radius 1 is 1.33 bits per heavy atom.